The van der Waals surface area contributed by atoms with Crippen molar-refractivity contribution in [3.63, 3.8) is 0 Å². The topological polar surface area (TPSA) is 117 Å². The minimum atomic E-state index is -4.28. The third-order valence-electron chi connectivity index (χ3n) is 8.26. The van der Waals surface area contributed by atoms with Crippen molar-refractivity contribution in [1.82, 2.24) is 0 Å². The summed E-state index contributed by atoms with van der Waals surface area (Å²) in [5.41, 5.74) is 5.36. The van der Waals surface area contributed by atoms with Gasteiger partial charge in [-0.25, -0.2) is 4.57 Å². The molecule has 0 amide bonds. The van der Waals surface area contributed by atoms with Gasteiger partial charge in [0.25, 0.3) is 0 Å². The molecule has 0 rings (SSSR count). The van der Waals surface area contributed by atoms with Crippen molar-refractivity contribution in [3.8, 4) is 0 Å². The number of phosphoric acid groups is 1. The lowest BCUT2D eigenvalue weighted by atomic mass is 10.0. The van der Waals surface area contributed by atoms with E-state index in [1.54, 1.807) is 0 Å². The van der Waals surface area contributed by atoms with E-state index in [1.807, 2.05) is 0 Å². The van der Waals surface area contributed by atoms with E-state index in [4.69, 9.17) is 24.3 Å². The minimum absolute atomic E-state index is 0.0962. The molecule has 3 N–H and O–H groups in total. The van der Waals surface area contributed by atoms with E-state index >= 15 is 0 Å². The first kappa shape index (κ1) is 48.5. The molecule has 0 saturated carbocycles. The summed E-state index contributed by atoms with van der Waals surface area (Å²) in [6.45, 7) is 4.76. The lowest BCUT2D eigenvalue weighted by Gasteiger charge is -2.20. The number of hydrogen-bond donors (Lipinski definition) is 2. The average Bonchev–Trinajstić information content (AvgIpc) is 3.10. The third-order valence-corrected chi connectivity index (χ3v) is 9.24. The Morgan fingerprint density at radius 1 is 0.620 bits per heavy atom. The Morgan fingerprint density at radius 3 is 1.68 bits per heavy atom. The summed E-state index contributed by atoms with van der Waals surface area (Å²) in [5.74, 6) is -0.339. The Labute approximate surface area is 307 Å². The maximum Gasteiger partial charge on any atom is 0.472 e. The first-order valence-electron chi connectivity index (χ1n) is 20.1. The Morgan fingerprint density at radius 2 is 1.12 bits per heavy atom. The number of nitrogens with two attached hydrogens (primary N) is 1. The van der Waals surface area contributed by atoms with Crippen LogP contribution in [0.3, 0.4) is 0 Å². The summed E-state index contributed by atoms with van der Waals surface area (Å²) in [5, 5.41) is 0. The lowest BCUT2D eigenvalue weighted by Crippen LogP contribution is -2.28. The number of rotatable bonds is 38. The molecule has 0 spiro atoms. The molecule has 8 nitrogen and oxygen atoms in total. The van der Waals surface area contributed by atoms with Gasteiger partial charge in [-0.1, -0.05) is 159 Å². The third kappa shape index (κ3) is 37.7. The Bertz CT molecular complexity index is 905. The number of phosphoric ester groups is 1. The highest BCUT2D eigenvalue weighted by molar-refractivity contribution is 7.47. The van der Waals surface area contributed by atoms with Crippen LogP contribution in [0.15, 0.2) is 48.6 Å². The van der Waals surface area contributed by atoms with Crippen LogP contribution in [0, 0.1) is 0 Å². The van der Waals surface area contributed by atoms with E-state index in [2.05, 4.69) is 62.5 Å². The molecular formula is C41H76NO7P. The number of carbonyl (C=O) groups is 1. The summed E-state index contributed by atoms with van der Waals surface area (Å²) in [6.07, 6.45) is 44.1. The predicted molar refractivity (Wildman–Crippen MR) is 210 cm³/mol. The first-order chi connectivity index (χ1) is 24.4. The standard InChI is InChI=1S/C41H76NO7P/c1-3-5-7-9-11-13-15-17-18-19-20-21-23-25-27-29-31-33-36-46-38-40(39-48-50(44,45)47-37-35-42)49-41(43)34-32-30-28-26-24-22-16-14-12-10-8-6-4-2/h5,7,11,13,17-18,20-21,40H,3-4,6,8-10,12,14-16,19,22-39,42H2,1-2H3,(H,44,45)/b7-5-,13-11-,18-17-,21-20-. The molecule has 0 bridgehead atoms. The number of allylic oxidation sites excluding steroid dienone is 8. The number of carbonyl (C=O) groups excluding carboxylic acids is 1. The van der Waals surface area contributed by atoms with Gasteiger partial charge in [-0.05, 0) is 51.4 Å². The molecule has 292 valence electrons. The van der Waals surface area contributed by atoms with E-state index in [1.165, 1.54) is 77.0 Å². The SMILES string of the molecule is CC/C=C\C/C=C\C/C=C\C/C=C\CCCCCCCOCC(COP(=O)(O)OCCN)OC(=O)CCCCCCCCCCCCCCC. The van der Waals surface area contributed by atoms with Crippen LogP contribution in [-0.2, 0) is 27.9 Å². The van der Waals surface area contributed by atoms with Crippen LogP contribution in [0.25, 0.3) is 0 Å². The highest BCUT2D eigenvalue weighted by Gasteiger charge is 2.25. The summed E-state index contributed by atoms with van der Waals surface area (Å²) in [7, 11) is -4.28. The summed E-state index contributed by atoms with van der Waals surface area (Å²) < 4.78 is 33.3. The van der Waals surface area contributed by atoms with E-state index in [-0.39, 0.29) is 32.3 Å². The van der Waals surface area contributed by atoms with Crippen LogP contribution < -0.4 is 5.73 Å². The second kappa shape index (κ2) is 38.7. The first-order valence-corrected chi connectivity index (χ1v) is 21.6. The van der Waals surface area contributed by atoms with Crippen molar-refractivity contribution < 1.29 is 32.8 Å². The highest BCUT2D eigenvalue weighted by atomic mass is 31.2. The van der Waals surface area contributed by atoms with E-state index < -0.39 is 13.9 Å². The van der Waals surface area contributed by atoms with E-state index in [0.717, 1.165) is 70.6 Å². The molecule has 0 aromatic heterocycles. The van der Waals surface area contributed by atoms with Crippen molar-refractivity contribution in [2.75, 3.05) is 33.0 Å². The fourth-order valence-electron chi connectivity index (χ4n) is 5.34. The van der Waals surface area contributed by atoms with Crippen molar-refractivity contribution in [3.05, 3.63) is 48.6 Å². The van der Waals surface area contributed by atoms with Gasteiger partial charge in [-0.2, -0.15) is 0 Å². The zero-order valence-electron chi connectivity index (χ0n) is 32.1. The fraction of sp³-hybridized carbons (Fsp3) is 0.780. The Kier molecular flexibility index (Phi) is 37.5. The second-order valence-electron chi connectivity index (χ2n) is 13.1. The van der Waals surface area contributed by atoms with Crippen molar-refractivity contribution in [2.45, 2.75) is 174 Å². The molecule has 0 heterocycles. The van der Waals surface area contributed by atoms with E-state index in [9.17, 15) is 14.3 Å². The van der Waals surface area contributed by atoms with Crippen molar-refractivity contribution in [2.24, 2.45) is 5.73 Å². The number of esters is 1. The molecule has 0 radical (unpaired) electrons. The van der Waals surface area contributed by atoms with Crippen LogP contribution >= 0.6 is 7.82 Å². The molecule has 0 saturated heterocycles. The van der Waals surface area contributed by atoms with Gasteiger partial charge in [0.05, 0.1) is 19.8 Å². The largest absolute Gasteiger partial charge is 0.472 e. The molecule has 9 heteroatoms. The van der Waals surface area contributed by atoms with Crippen LogP contribution in [0.2, 0.25) is 0 Å². The van der Waals surface area contributed by atoms with Crippen LogP contribution in [0.1, 0.15) is 168 Å². The van der Waals surface area contributed by atoms with Crippen molar-refractivity contribution in [1.29, 1.82) is 0 Å². The monoisotopic (exact) mass is 726 g/mol. The average molecular weight is 726 g/mol. The van der Waals surface area contributed by atoms with Gasteiger partial charge in [-0.15, -0.1) is 0 Å². The molecule has 2 unspecified atom stereocenters. The Hall–Kier alpha value is -1.54. The molecule has 0 aliphatic heterocycles. The van der Waals surface area contributed by atoms with Gasteiger partial charge >= 0.3 is 13.8 Å². The normalized spacial score (nSPS) is 14.1. The number of ether oxygens (including phenoxy) is 2. The molecular weight excluding hydrogens is 649 g/mol. The van der Waals surface area contributed by atoms with Gasteiger partial charge < -0.3 is 20.1 Å². The van der Waals surface area contributed by atoms with Crippen LogP contribution in [-0.4, -0.2) is 49.9 Å². The highest BCUT2D eigenvalue weighted by Crippen LogP contribution is 2.43. The van der Waals surface area contributed by atoms with Crippen molar-refractivity contribution >= 4 is 13.8 Å². The molecule has 0 aromatic rings. The summed E-state index contributed by atoms with van der Waals surface area (Å²) in [4.78, 5) is 22.4. The second-order valence-corrected chi connectivity index (χ2v) is 14.6. The summed E-state index contributed by atoms with van der Waals surface area (Å²) in [6, 6.07) is 0. The molecule has 0 fully saturated rings. The van der Waals surface area contributed by atoms with Gasteiger partial charge in [-0.3, -0.25) is 13.8 Å². The maximum atomic E-state index is 12.5. The maximum absolute atomic E-state index is 12.5. The molecule has 50 heavy (non-hydrogen) atoms. The summed E-state index contributed by atoms with van der Waals surface area (Å²) >= 11 is 0. The zero-order chi connectivity index (χ0) is 36.6. The molecule has 0 aromatic carbocycles. The number of hydrogen-bond acceptors (Lipinski definition) is 7. The zero-order valence-corrected chi connectivity index (χ0v) is 33.0. The van der Waals surface area contributed by atoms with Crippen LogP contribution in [0.5, 0.6) is 0 Å². The van der Waals surface area contributed by atoms with E-state index in [0.29, 0.717) is 13.0 Å². The van der Waals surface area contributed by atoms with Gasteiger partial charge in [0.15, 0.2) is 0 Å². The van der Waals surface area contributed by atoms with Crippen LogP contribution in [0.4, 0.5) is 0 Å². The quantitative estimate of drug-likeness (QED) is 0.0279. The fourth-order valence-corrected chi connectivity index (χ4v) is 6.11. The molecule has 0 aliphatic rings. The van der Waals surface area contributed by atoms with Gasteiger partial charge in [0.2, 0.25) is 0 Å². The minimum Gasteiger partial charge on any atom is -0.457 e. The predicted octanol–water partition coefficient (Wildman–Crippen LogP) is 11.6. The smallest absolute Gasteiger partial charge is 0.457 e. The molecule has 0 aliphatic carbocycles. The Balaban J connectivity index is 4.10. The van der Waals surface area contributed by atoms with Gasteiger partial charge in [0, 0.05) is 19.6 Å². The van der Waals surface area contributed by atoms with Gasteiger partial charge in [0.1, 0.15) is 6.10 Å². The molecule has 2 atom stereocenters. The number of unbranched alkanes of at least 4 members (excludes halogenated alkanes) is 17. The lowest BCUT2D eigenvalue weighted by molar-refractivity contribution is -0.154.